The normalized spacial score (nSPS) is 9.71. The molecule has 2 rings (SSSR count). The SMILES string of the molecule is COc1cccc(C#N)c1NCc1ccc(C(N)=O)cc1. The number of anilines is 1. The average molecular weight is 281 g/mol. The molecule has 0 saturated heterocycles. The Balaban J connectivity index is 2.16. The van der Waals surface area contributed by atoms with Gasteiger partial charge in [-0.15, -0.1) is 0 Å². The number of nitrogens with zero attached hydrogens (tertiary/aromatic N) is 1. The summed E-state index contributed by atoms with van der Waals surface area (Å²) >= 11 is 0. The molecule has 3 N–H and O–H groups in total. The maximum absolute atomic E-state index is 11.0. The molecule has 0 aliphatic rings. The number of amides is 1. The van der Waals surface area contributed by atoms with Crippen molar-refractivity contribution in [2.24, 2.45) is 5.73 Å². The molecule has 0 spiro atoms. The van der Waals surface area contributed by atoms with Gasteiger partial charge in [-0.25, -0.2) is 0 Å². The standard InChI is InChI=1S/C16H15N3O2/c1-21-14-4-2-3-13(9-17)15(14)19-10-11-5-7-12(8-6-11)16(18)20/h2-8,19H,10H2,1H3,(H2,18,20). The first-order chi connectivity index (χ1) is 10.2. The number of nitriles is 1. The zero-order valence-corrected chi connectivity index (χ0v) is 11.6. The molecule has 2 aromatic rings. The van der Waals surface area contributed by atoms with Gasteiger partial charge >= 0.3 is 0 Å². The van der Waals surface area contributed by atoms with Gasteiger partial charge in [0.15, 0.2) is 0 Å². The minimum absolute atomic E-state index is 0.453. The summed E-state index contributed by atoms with van der Waals surface area (Å²) in [5.41, 5.74) is 7.80. The Hall–Kier alpha value is -3.00. The van der Waals surface area contributed by atoms with E-state index < -0.39 is 5.91 Å². The highest BCUT2D eigenvalue weighted by atomic mass is 16.5. The summed E-state index contributed by atoms with van der Waals surface area (Å²) in [5, 5.41) is 12.3. The number of hydrogen-bond donors (Lipinski definition) is 2. The number of carbonyl (C=O) groups is 1. The van der Waals surface area contributed by atoms with Gasteiger partial charge in [-0.1, -0.05) is 18.2 Å². The summed E-state index contributed by atoms with van der Waals surface area (Å²) in [6.07, 6.45) is 0. The van der Waals surface area contributed by atoms with E-state index >= 15 is 0 Å². The van der Waals surface area contributed by atoms with Crippen LogP contribution in [0.25, 0.3) is 0 Å². The molecule has 0 unspecified atom stereocenters. The first kappa shape index (κ1) is 14.4. The molecule has 0 aliphatic heterocycles. The maximum Gasteiger partial charge on any atom is 0.248 e. The molecule has 21 heavy (non-hydrogen) atoms. The molecule has 2 aromatic carbocycles. The van der Waals surface area contributed by atoms with E-state index in [1.165, 1.54) is 0 Å². The lowest BCUT2D eigenvalue weighted by molar-refractivity contribution is 0.100. The highest BCUT2D eigenvalue weighted by Gasteiger charge is 2.08. The predicted molar refractivity (Wildman–Crippen MR) is 80.0 cm³/mol. The highest BCUT2D eigenvalue weighted by Crippen LogP contribution is 2.28. The van der Waals surface area contributed by atoms with Crippen molar-refractivity contribution in [1.82, 2.24) is 0 Å². The Labute approximate surface area is 123 Å². The van der Waals surface area contributed by atoms with E-state index in [-0.39, 0.29) is 0 Å². The van der Waals surface area contributed by atoms with E-state index in [9.17, 15) is 4.79 Å². The van der Waals surface area contributed by atoms with Gasteiger partial charge in [0.05, 0.1) is 18.4 Å². The van der Waals surface area contributed by atoms with Crippen LogP contribution in [0.3, 0.4) is 0 Å². The third-order valence-electron chi connectivity index (χ3n) is 3.07. The van der Waals surface area contributed by atoms with E-state index in [1.54, 1.807) is 37.4 Å². The topological polar surface area (TPSA) is 88.1 Å². The van der Waals surface area contributed by atoms with Crippen LogP contribution >= 0.6 is 0 Å². The fourth-order valence-corrected chi connectivity index (χ4v) is 1.95. The van der Waals surface area contributed by atoms with Crippen molar-refractivity contribution in [1.29, 1.82) is 5.26 Å². The molecule has 0 aromatic heterocycles. The summed E-state index contributed by atoms with van der Waals surface area (Å²) in [6, 6.07) is 14.4. The highest BCUT2D eigenvalue weighted by molar-refractivity contribution is 5.92. The number of rotatable bonds is 5. The van der Waals surface area contributed by atoms with Crippen LogP contribution in [-0.2, 0) is 6.54 Å². The Kier molecular flexibility index (Phi) is 4.42. The van der Waals surface area contributed by atoms with Crippen LogP contribution in [-0.4, -0.2) is 13.0 Å². The summed E-state index contributed by atoms with van der Waals surface area (Å²) in [5.74, 6) is 0.161. The fraction of sp³-hybridized carbons (Fsp3) is 0.125. The molecule has 0 saturated carbocycles. The number of hydrogen-bond acceptors (Lipinski definition) is 4. The van der Waals surface area contributed by atoms with Crippen molar-refractivity contribution in [3.05, 3.63) is 59.2 Å². The maximum atomic E-state index is 11.0. The van der Waals surface area contributed by atoms with Gasteiger partial charge in [-0.05, 0) is 29.8 Å². The van der Waals surface area contributed by atoms with Crippen molar-refractivity contribution in [3.63, 3.8) is 0 Å². The molecular weight excluding hydrogens is 266 g/mol. The minimum Gasteiger partial charge on any atom is -0.495 e. The minimum atomic E-state index is -0.453. The number of ether oxygens (including phenoxy) is 1. The van der Waals surface area contributed by atoms with Gasteiger partial charge in [-0.3, -0.25) is 4.79 Å². The molecule has 106 valence electrons. The van der Waals surface area contributed by atoms with Gasteiger partial charge in [0.1, 0.15) is 11.8 Å². The van der Waals surface area contributed by atoms with E-state index in [0.29, 0.717) is 29.1 Å². The molecule has 1 amide bonds. The van der Waals surface area contributed by atoms with Gasteiger partial charge in [0, 0.05) is 12.1 Å². The first-order valence-corrected chi connectivity index (χ1v) is 6.35. The zero-order valence-electron chi connectivity index (χ0n) is 11.6. The Bertz CT molecular complexity index is 688. The van der Waals surface area contributed by atoms with Crippen molar-refractivity contribution in [2.45, 2.75) is 6.54 Å². The van der Waals surface area contributed by atoms with E-state index in [2.05, 4.69) is 11.4 Å². The van der Waals surface area contributed by atoms with Crippen molar-refractivity contribution in [2.75, 3.05) is 12.4 Å². The third kappa shape index (κ3) is 3.31. The van der Waals surface area contributed by atoms with Crippen LogP contribution in [0.1, 0.15) is 21.5 Å². The molecule has 0 fully saturated rings. The van der Waals surface area contributed by atoms with Gasteiger partial charge < -0.3 is 15.8 Å². The van der Waals surface area contributed by atoms with Gasteiger partial charge in [0.25, 0.3) is 0 Å². The molecule has 0 heterocycles. The Morgan fingerprint density at radius 1 is 1.29 bits per heavy atom. The van der Waals surface area contributed by atoms with Crippen molar-refractivity contribution >= 4 is 11.6 Å². The Morgan fingerprint density at radius 3 is 2.57 bits per heavy atom. The summed E-state index contributed by atoms with van der Waals surface area (Å²) < 4.78 is 5.25. The molecule has 0 bridgehead atoms. The smallest absolute Gasteiger partial charge is 0.248 e. The second-order valence-corrected chi connectivity index (χ2v) is 4.41. The van der Waals surface area contributed by atoms with Crippen molar-refractivity contribution in [3.8, 4) is 11.8 Å². The van der Waals surface area contributed by atoms with Crippen LogP contribution in [0.4, 0.5) is 5.69 Å². The lowest BCUT2D eigenvalue weighted by Gasteiger charge is -2.12. The molecular formula is C16H15N3O2. The lowest BCUT2D eigenvalue weighted by Crippen LogP contribution is -2.11. The van der Waals surface area contributed by atoms with Crippen LogP contribution in [0.15, 0.2) is 42.5 Å². The number of para-hydroxylation sites is 1. The van der Waals surface area contributed by atoms with Crippen LogP contribution in [0.2, 0.25) is 0 Å². The number of carbonyl (C=O) groups excluding carboxylic acids is 1. The third-order valence-corrected chi connectivity index (χ3v) is 3.07. The van der Waals surface area contributed by atoms with Gasteiger partial charge in [-0.2, -0.15) is 5.26 Å². The average Bonchev–Trinajstić information content (AvgIpc) is 2.52. The molecule has 0 radical (unpaired) electrons. The van der Waals surface area contributed by atoms with Crippen molar-refractivity contribution < 1.29 is 9.53 Å². The Morgan fingerprint density at radius 2 is 2.00 bits per heavy atom. The molecule has 0 aliphatic carbocycles. The van der Waals surface area contributed by atoms with E-state index in [1.807, 2.05) is 12.1 Å². The van der Waals surface area contributed by atoms with Crippen LogP contribution in [0.5, 0.6) is 5.75 Å². The first-order valence-electron chi connectivity index (χ1n) is 6.35. The van der Waals surface area contributed by atoms with E-state index in [4.69, 9.17) is 15.7 Å². The fourth-order valence-electron chi connectivity index (χ4n) is 1.95. The number of methoxy groups -OCH3 is 1. The number of primary amides is 1. The summed E-state index contributed by atoms with van der Waals surface area (Å²) in [4.78, 5) is 11.0. The lowest BCUT2D eigenvalue weighted by atomic mass is 10.1. The molecule has 5 heteroatoms. The second-order valence-electron chi connectivity index (χ2n) is 4.41. The quantitative estimate of drug-likeness (QED) is 0.880. The number of benzene rings is 2. The van der Waals surface area contributed by atoms with E-state index in [0.717, 1.165) is 5.56 Å². The summed E-state index contributed by atoms with van der Waals surface area (Å²) in [6.45, 7) is 0.508. The zero-order chi connectivity index (χ0) is 15.2. The monoisotopic (exact) mass is 281 g/mol. The predicted octanol–water partition coefficient (Wildman–Crippen LogP) is 2.28. The number of nitrogens with two attached hydrogens (primary N) is 1. The second kappa shape index (κ2) is 6.44. The van der Waals surface area contributed by atoms with Crippen LogP contribution in [0, 0.1) is 11.3 Å². The molecule has 0 atom stereocenters. The van der Waals surface area contributed by atoms with Crippen LogP contribution < -0.4 is 15.8 Å². The molecule has 5 nitrogen and oxygen atoms in total. The number of nitrogens with one attached hydrogen (secondary N) is 1. The van der Waals surface area contributed by atoms with Gasteiger partial charge in [0.2, 0.25) is 5.91 Å². The largest absolute Gasteiger partial charge is 0.495 e. The summed E-state index contributed by atoms with van der Waals surface area (Å²) in [7, 11) is 1.56.